The molecule has 1 heterocycles. The Kier molecular flexibility index (Phi) is 44.9. The Labute approximate surface area is 714 Å². The Balaban J connectivity index is 3.11. The van der Waals surface area contributed by atoms with Crippen molar-refractivity contribution in [3.63, 3.8) is 0 Å². The Morgan fingerprint density at radius 2 is 0.828 bits per heavy atom. The number of carbonyl (C=O) groups excluding carboxylic acids is 17. The lowest BCUT2D eigenvalue weighted by Gasteiger charge is -2.29. The standard InChI is InChI=1S/C81H136N16O25/c1-22-26-46(4)117-59(101)30-29-58(100)88-50(32-38-83-72(112)118-77(7,8)9)66(106)97-61(48(6)99)71(111)93-54(35-41-86-75(115)121-80(16,17)18)64(104)89-51-31-37-82-70(110)60(47(5)98)96-67(107)55(36-42-87-76(116)122-81(19,20)21)91-63(103)52(33-39-84-73(113)119-78(10,11)12)92-68(108)56(43-45(2)3)94-69(109)57(44-49-27-24-23-25-28-49)95-65(105)53(90-62(51)102)34-40-85-74(114)120-79(13,14)15/h23-25,27-28,45-48,50-57,60-61,98-99H,22,26,29-44H2,1-21H3,(H,82,110)(H,83,112)(H,84,113)(H,85,114)(H,86,115)(H,87,116)(H,88,100)(H,89,104)(H,90,102)(H,91,103)(H,92,108)(H,93,111)(H,94,109)(H,95,105)(H,96,107)(H,97,106)/t46-,47?,48?,50-,51-,52-,53-,54-,55-,56-,57+,60-,61-/m0/s1. The van der Waals surface area contributed by atoms with Crippen molar-refractivity contribution in [2.24, 2.45) is 5.92 Å². The first kappa shape index (κ1) is 107. The van der Waals surface area contributed by atoms with Gasteiger partial charge in [-0.3, -0.25) is 57.5 Å². The lowest BCUT2D eigenvalue weighted by Crippen LogP contribution is -2.62. The van der Waals surface area contributed by atoms with Gasteiger partial charge in [0.2, 0.25) is 65.0 Å². The Bertz CT molecular complexity index is 3660. The van der Waals surface area contributed by atoms with E-state index in [1.807, 2.05) is 6.92 Å². The van der Waals surface area contributed by atoms with Gasteiger partial charge >= 0.3 is 36.4 Å². The minimum absolute atomic E-state index is 0.135. The van der Waals surface area contributed by atoms with E-state index in [4.69, 9.17) is 28.4 Å². The van der Waals surface area contributed by atoms with E-state index in [-0.39, 0.29) is 32.4 Å². The highest BCUT2D eigenvalue weighted by molar-refractivity contribution is 6.00. The summed E-state index contributed by atoms with van der Waals surface area (Å²) < 4.78 is 32.3. The third-order valence-corrected chi connectivity index (χ3v) is 17.0. The van der Waals surface area contributed by atoms with Crippen LogP contribution in [0, 0.1) is 5.92 Å². The Morgan fingerprint density at radius 1 is 0.443 bits per heavy atom. The minimum Gasteiger partial charge on any atom is -0.463 e. The zero-order valence-corrected chi connectivity index (χ0v) is 74.5. The molecule has 16 amide bonds. The number of hydrogen-bond donors (Lipinski definition) is 18. The maximum Gasteiger partial charge on any atom is 0.407 e. The predicted molar refractivity (Wildman–Crippen MR) is 444 cm³/mol. The zero-order valence-electron chi connectivity index (χ0n) is 74.5. The molecule has 13 atom stereocenters. The van der Waals surface area contributed by atoms with Crippen molar-refractivity contribution < 1.29 is 120 Å². The summed E-state index contributed by atoms with van der Waals surface area (Å²) in [5.74, 6) is -13.5. The summed E-state index contributed by atoms with van der Waals surface area (Å²) in [4.78, 5) is 241. The first-order valence-corrected chi connectivity index (χ1v) is 41.2. The molecule has 0 bridgehead atoms. The van der Waals surface area contributed by atoms with Crippen molar-refractivity contribution in [2.45, 2.75) is 329 Å². The van der Waals surface area contributed by atoms with E-state index in [1.165, 1.54) is 0 Å². The molecular weight excluding hydrogens is 1600 g/mol. The minimum atomic E-state index is -2.02. The number of alkyl carbamates (subject to hydrolysis) is 5. The highest BCUT2D eigenvalue weighted by Crippen LogP contribution is 2.16. The van der Waals surface area contributed by atoms with E-state index in [1.54, 1.807) is 155 Å². The highest BCUT2D eigenvalue weighted by Gasteiger charge is 2.40. The van der Waals surface area contributed by atoms with Gasteiger partial charge in [-0.2, -0.15) is 0 Å². The fraction of sp³-hybridized carbons (Fsp3) is 0.716. The topological polar surface area (TPSA) is 579 Å². The van der Waals surface area contributed by atoms with Gasteiger partial charge in [0.15, 0.2) is 0 Å². The lowest BCUT2D eigenvalue weighted by molar-refractivity contribution is -0.149. The summed E-state index contributed by atoms with van der Waals surface area (Å²) in [7, 11) is 0. The van der Waals surface area contributed by atoms with E-state index in [2.05, 4.69) is 85.1 Å². The molecule has 1 saturated heterocycles. The van der Waals surface area contributed by atoms with Gasteiger partial charge in [-0.15, -0.1) is 0 Å². The number of nitrogens with one attached hydrogen (secondary N) is 16. The molecule has 2 rings (SSSR count). The van der Waals surface area contributed by atoms with E-state index in [0.717, 1.165) is 13.8 Å². The van der Waals surface area contributed by atoms with Crippen LogP contribution < -0.4 is 85.1 Å². The number of rotatable bonds is 34. The van der Waals surface area contributed by atoms with Crippen LogP contribution in [-0.4, -0.2) is 258 Å². The average molecular weight is 1730 g/mol. The largest absolute Gasteiger partial charge is 0.463 e. The number of esters is 1. The first-order chi connectivity index (χ1) is 56.4. The summed E-state index contributed by atoms with van der Waals surface area (Å²) in [6, 6.07) is -9.74. The molecule has 1 aliphatic heterocycles. The number of aliphatic hydroxyl groups is 2. The fourth-order valence-electron chi connectivity index (χ4n) is 11.4. The van der Waals surface area contributed by atoms with Gasteiger partial charge in [-0.05, 0) is 187 Å². The summed E-state index contributed by atoms with van der Waals surface area (Å²) in [6.45, 7) is 30.2. The van der Waals surface area contributed by atoms with Crippen LogP contribution in [0.2, 0.25) is 0 Å². The molecule has 0 radical (unpaired) electrons. The quantitative estimate of drug-likeness (QED) is 0.0343. The monoisotopic (exact) mass is 1730 g/mol. The van der Waals surface area contributed by atoms with Crippen molar-refractivity contribution in [3.8, 4) is 0 Å². The van der Waals surface area contributed by atoms with Crippen LogP contribution in [0.15, 0.2) is 30.3 Å². The number of aliphatic hydroxyl groups excluding tert-OH is 2. The maximum absolute atomic E-state index is 15.4. The fourth-order valence-corrected chi connectivity index (χ4v) is 11.4. The SMILES string of the molecule is CCC[C@H](C)OC(=O)CCC(=O)N[C@@H](CCNC(=O)OC(C)(C)C)C(=O)N[C@H](C(=O)N[C@@H](CCNC(=O)OC(C)(C)C)C(=O)N[C@H]1CCNC(=O)[C@H](C(C)O)NC(=O)[C@H](CCNC(=O)OC(C)(C)C)NC(=O)[C@H](CCNC(=O)OC(C)(C)C)NC(=O)[C@H](CC(C)C)NC(=O)[C@@H](Cc2ccccc2)NC(=O)[C@H](CCNC(=O)OC(C)(C)C)NC1=O)C(C)O. The molecule has 122 heavy (non-hydrogen) atoms. The summed E-state index contributed by atoms with van der Waals surface area (Å²) in [5.41, 5.74) is -4.59. The van der Waals surface area contributed by atoms with Gasteiger partial charge in [-0.25, -0.2) is 24.0 Å². The second-order valence-corrected chi connectivity index (χ2v) is 35.1. The van der Waals surface area contributed by atoms with Crippen molar-refractivity contribution in [1.29, 1.82) is 0 Å². The van der Waals surface area contributed by atoms with E-state index >= 15 is 19.2 Å². The summed E-state index contributed by atoms with van der Waals surface area (Å²) >= 11 is 0. The molecule has 41 heteroatoms. The van der Waals surface area contributed by atoms with Gasteiger partial charge in [0, 0.05) is 52.1 Å². The molecule has 0 aliphatic carbocycles. The molecule has 690 valence electrons. The van der Waals surface area contributed by atoms with Crippen LogP contribution in [0.5, 0.6) is 0 Å². The van der Waals surface area contributed by atoms with Crippen molar-refractivity contribution in [2.75, 3.05) is 39.3 Å². The van der Waals surface area contributed by atoms with Crippen molar-refractivity contribution >= 4 is 101 Å². The van der Waals surface area contributed by atoms with Crippen molar-refractivity contribution in [3.05, 3.63) is 35.9 Å². The molecule has 41 nitrogen and oxygen atoms in total. The van der Waals surface area contributed by atoms with E-state index in [0.29, 0.717) is 18.4 Å². The van der Waals surface area contributed by atoms with Gasteiger partial charge in [0.25, 0.3) is 0 Å². The summed E-state index contributed by atoms with van der Waals surface area (Å²) in [5, 5.41) is 62.7. The van der Waals surface area contributed by atoms with Crippen LogP contribution >= 0.6 is 0 Å². The van der Waals surface area contributed by atoms with Gasteiger partial charge in [0.05, 0.1) is 24.7 Å². The first-order valence-electron chi connectivity index (χ1n) is 41.2. The third-order valence-electron chi connectivity index (χ3n) is 17.0. The number of benzene rings is 1. The molecule has 0 aromatic heterocycles. The molecular formula is C81H136N16O25. The van der Waals surface area contributed by atoms with Gasteiger partial charge in [0.1, 0.15) is 88.4 Å². The molecule has 1 fully saturated rings. The normalized spacial score (nSPS) is 19.8. The molecule has 18 N–H and O–H groups in total. The number of carbonyl (C=O) groups is 17. The highest BCUT2D eigenvalue weighted by atomic mass is 16.6. The molecule has 0 spiro atoms. The maximum atomic E-state index is 15.4. The zero-order chi connectivity index (χ0) is 92.8. The molecule has 1 aromatic rings. The van der Waals surface area contributed by atoms with Crippen LogP contribution in [0.3, 0.4) is 0 Å². The molecule has 1 aliphatic rings. The van der Waals surface area contributed by atoms with Crippen LogP contribution in [0.4, 0.5) is 24.0 Å². The number of ether oxygens (including phenoxy) is 6. The van der Waals surface area contributed by atoms with Crippen molar-refractivity contribution in [1.82, 2.24) is 85.1 Å². The Morgan fingerprint density at radius 3 is 1.24 bits per heavy atom. The molecule has 0 saturated carbocycles. The molecule has 2 unspecified atom stereocenters. The van der Waals surface area contributed by atoms with E-state index in [9.17, 15) is 72.5 Å². The van der Waals surface area contributed by atoms with Crippen LogP contribution in [0.1, 0.15) is 222 Å². The molecule has 1 aromatic carbocycles. The summed E-state index contributed by atoms with van der Waals surface area (Å²) in [6.07, 6.45) is -12.0. The second kappa shape index (κ2) is 51.2. The third kappa shape index (κ3) is 46.2. The van der Waals surface area contributed by atoms with Crippen LogP contribution in [-0.2, 0) is 92.4 Å². The lowest BCUT2D eigenvalue weighted by atomic mass is 10.00. The number of hydrogen-bond acceptors (Lipinski definition) is 25. The number of amides is 16. The van der Waals surface area contributed by atoms with Crippen LogP contribution in [0.25, 0.3) is 0 Å². The smallest absolute Gasteiger partial charge is 0.407 e. The van der Waals surface area contributed by atoms with E-state index < -0.39 is 285 Å². The Hall–Kier alpha value is -10.9. The second-order valence-electron chi connectivity index (χ2n) is 35.1. The average Bonchev–Trinajstić information content (AvgIpc) is 0.979. The predicted octanol–water partition coefficient (Wildman–Crippen LogP) is 1.49. The van der Waals surface area contributed by atoms with Gasteiger partial charge < -0.3 is 124 Å². The van der Waals surface area contributed by atoms with Gasteiger partial charge in [-0.1, -0.05) is 57.5 Å².